The van der Waals surface area contributed by atoms with Crippen LogP contribution in [0.1, 0.15) is 30.1 Å². The number of hydrogen-bond donors (Lipinski definition) is 0. The second-order valence-electron chi connectivity index (χ2n) is 5.25. The van der Waals surface area contributed by atoms with Crippen LogP contribution in [0.25, 0.3) is 11.0 Å². The number of aromatic nitrogens is 2. The predicted octanol–water partition coefficient (Wildman–Crippen LogP) is 5.70. The van der Waals surface area contributed by atoms with Crippen LogP contribution in [0.4, 0.5) is 17.6 Å². The Balaban J connectivity index is 1.87. The molecule has 1 unspecified atom stereocenters. The second-order valence-corrected chi connectivity index (χ2v) is 6.58. The van der Waals surface area contributed by atoms with Gasteiger partial charge in [0.25, 0.3) is 0 Å². The Kier molecular flexibility index (Phi) is 4.80. The van der Waals surface area contributed by atoms with Crippen LogP contribution in [0.5, 0.6) is 0 Å². The van der Waals surface area contributed by atoms with E-state index in [0.29, 0.717) is 11.0 Å². The van der Waals surface area contributed by atoms with E-state index in [4.69, 9.17) is 0 Å². The van der Waals surface area contributed by atoms with Gasteiger partial charge in [0.05, 0.1) is 16.8 Å². The third-order valence-corrected chi connectivity index (χ3v) is 4.89. The number of rotatable bonds is 5. The van der Waals surface area contributed by atoms with Crippen molar-refractivity contribution in [3.05, 3.63) is 65.5 Å². The molecule has 0 aliphatic heterocycles. The van der Waals surface area contributed by atoms with Crippen molar-refractivity contribution in [1.29, 1.82) is 0 Å². The van der Waals surface area contributed by atoms with E-state index in [1.807, 2.05) is 0 Å². The molecular formula is C17H14F4N2S. The minimum atomic E-state index is -2.73. The molecule has 1 aromatic heterocycles. The second kappa shape index (κ2) is 6.84. The lowest BCUT2D eigenvalue weighted by Crippen LogP contribution is -2.05. The van der Waals surface area contributed by atoms with Crippen LogP contribution in [0.15, 0.2) is 42.5 Å². The van der Waals surface area contributed by atoms with Crippen molar-refractivity contribution in [2.24, 2.45) is 0 Å². The molecule has 0 fully saturated rings. The monoisotopic (exact) mass is 354 g/mol. The lowest BCUT2D eigenvalue weighted by molar-refractivity contribution is 0.0722. The maximum absolute atomic E-state index is 13.8. The summed E-state index contributed by atoms with van der Waals surface area (Å²) < 4.78 is 55.2. The lowest BCUT2D eigenvalue weighted by Gasteiger charge is -2.14. The highest BCUT2D eigenvalue weighted by Gasteiger charge is 2.21. The zero-order valence-electron chi connectivity index (χ0n) is 12.7. The molecule has 2 nitrogen and oxygen atoms in total. The van der Waals surface area contributed by atoms with E-state index in [1.54, 1.807) is 31.2 Å². The highest BCUT2D eigenvalue weighted by molar-refractivity contribution is 7.98. The standard InChI is InChI=1S/C17H14F4N2S/c1-10(16-11(18)5-4-6-12(16)19)24-9-15-22-13-7-2-3-8-14(13)23(15)17(20)21/h2-8,10,17H,9H2,1H3. The van der Waals surface area contributed by atoms with Crippen molar-refractivity contribution >= 4 is 22.8 Å². The van der Waals surface area contributed by atoms with Crippen LogP contribution < -0.4 is 0 Å². The summed E-state index contributed by atoms with van der Waals surface area (Å²) in [6.07, 6.45) is 0. The first-order valence-electron chi connectivity index (χ1n) is 7.28. The fraction of sp³-hybridized carbons (Fsp3) is 0.235. The third-order valence-electron chi connectivity index (χ3n) is 3.73. The zero-order chi connectivity index (χ0) is 17.3. The van der Waals surface area contributed by atoms with Gasteiger partial charge in [-0.15, -0.1) is 11.8 Å². The van der Waals surface area contributed by atoms with Gasteiger partial charge in [0.1, 0.15) is 17.5 Å². The Bertz CT molecular complexity index is 843. The number of benzene rings is 2. The molecule has 0 amide bonds. The molecular weight excluding hydrogens is 340 g/mol. The Morgan fingerprint density at radius 3 is 2.38 bits per heavy atom. The van der Waals surface area contributed by atoms with Gasteiger partial charge in [-0.25, -0.2) is 13.8 Å². The first kappa shape index (κ1) is 16.8. The highest BCUT2D eigenvalue weighted by Crippen LogP contribution is 2.35. The molecule has 0 bridgehead atoms. The minimum Gasteiger partial charge on any atom is -0.269 e. The smallest absolute Gasteiger partial charge is 0.269 e. The van der Waals surface area contributed by atoms with Crippen molar-refractivity contribution in [2.45, 2.75) is 24.5 Å². The quantitative estimate of drug-likeness (QED) is 0.547. The van der Waals surface area contributed by atoms with Crippen LogP contribution >= 0.6 is 11.8 Å². The Labute approximate surface area is 140 Å². The molecule has 7 heteroatoms. The van der Waals surface area contributed by atoms with Crippen LogP contribution in [0.2, 0.25) is 0 Å². The summed E-state index contributed by atoms with van der Waals surface area (Å²) in [5.41, 5.74) is 0.758. The molecule has 0 saturated heterocycles. The maximum atomic E-state index is 13.8. The number of para-hydroxylation sites is 2. The number of nitrogens with zero attached hydrogens (tertiary/aromatic N) is 2. The van der Waals surface area contributed by atoms with Gasteiger partial charge in [-0.3, -0.25) is 4.57 Å². The molecule has 0 aliphatic rings. The number of alkyl halides is 2. The molecule has 0 saturated carbocycles. The summed E-state index contributed by atoms with van der Waals surface area (Å²) in [6, 6.07) is 10.3. The molecule has 126 valence electrons. The zero-order valence-corrected chi connectivity index (χ0v) is 13.5. The molecule has 0 spiro atoms. The first-order chi connectivity index (χ1) is 11.5. The number of imidazole rings is 1. The van der Waals surface area contributed by atoms with E-state index in [9.17, 15) is 17.6 Å². The van der Waals surface area contributed by atoms with Crippen LogP contribution in [0.3, 0.4) is 0 Å². The average Bonchev–Trinajstić information content (AvgIpc) is 2.91. The summed E-state index contributed by atoms with van der Waals surface area (Å²) >= 11 is 1.16. The molecule has 1 atom stereocenters. The van der Waals surface area contributed by atoms with Crippen LogP contribution in [-0.2, 0) is 5.75 Å². The Morgan fingerprint density at radius 1 is 1.04 bits per heavy atom. The van der Waals surface area contributed by atoms with E-state index in [2.05, 4.69) is 4.98 Å². The lowest BCUT2D eigenvalue weighted by atomic mass is 10.1. The van der Waals surface area contributed by atoms with Crippen LogP contribution in [-0.4, -0.2) is 9.55 Å². The predicted molar refractivity (Wildman–Crippen MR) is 87.1 cm³/mol. The van der Waals surface area contributed by atoms with E-state index in [1.165, 1.54) is 18.2 Å². The first-order valence-corrected chi connectivity index (χ1v) is 8.33. The van der Waals surface area contributed by atoms with Crippen molar-refractivity contribution in [3.63, 3.8) is 0 Å². The van der Waals surface area contributed by atoms with E-state index >= 15 is 0 Å². The molecule has 0 aliphatic carbocycles. The van der Waals surface area contributed by atoms with Crippen molar-refractivity contribution < 1.29 is 17.6 Å². The van der Waals surface area contributed by atoms with Gasteiger partial charge in [-0.05, 0) is 31.2 Å². The molecule has 0 N–H and O–H groups in total. The fourth-order valence-electron chi connectivity index (χ4n) is 2.60. The van der Waals surface area contributed by atoms with Crippen LogP contribution in [0, 0.1) is 11.6 Å². The SMILES string of the molecule is CC(SCc1nc2ccccc2n1C(F)F)c1c(F)cccc1F. The average molecular weight is 354 g/mol. The van der Waals surface area contributed by atoms with E-state index in [-0.39, 0.29) is 17.1 Å². The molecule has 0 radical (unpaired) electrons. The third kappa shape index (κ3) is 3.13. The maximum Gasteiger partial charge on any atom is 0.320 e. The van der Waals surface area contributed by atoms with E-state index < -0.39 is 23.4 Å². The fourth-order valence-corrected chi connectivity index (χ4v) is 3.59. The van der Waals surface area contributed by atoms with E-state index in [0.717, 1.165) is 16.3 Å². The summed E-state index contributed by atoms with van der Waals surface area (Å²) in [5.74, 6) is -0.983. The number of hydrogen-bond acceptors (Lipinski definition) is 2. The van der Waals surface area contributed by atoms with Gasteiger partial charge in [0.2, 0.25) is 0 Å². The highest BCUT2D eigenvalue weighted by atomic mass is 32.2. The molecule has 2 aromatic carbocycles. The van der Waals surface area contributed by atoms with Crippen molar-refractivity contribution in [1.82, 2.24) is 9.55 Å². The minimum absolute atomic E-state index is 0.0535. The summed E-state index contributed by atoms with van der Waals surface area (Å²) in [4.78, 5) is 4.22. The molecule has 24 heavy (non-hydrogen) atoms. The number of halogens is 4. The van der Waals surface area contributed by atoms with Gasteiger partial charge >= 0.3 is 6.55 Å². The summed E-state index contributed by atoms with van der Waals surface area (Å²) in [6.45, 7) is -1.09. The molecule has 3 aromatic rings. The Hall–Kier alpha value is -2.02. The molecule has 1 heterocycles. The van der Waals surface area contributed by atoms with Gasteiger partial charge < -0.3 is 0 Å². The normalized spacial score (nSPS) is 12.9. The van der Waals surface area contributed by atoms with Crippen molar-refractivity contribution in [2.75, 3.05) is 0 Å². The topological polar surface area (TPSA) is 17.8 Å². The van der Waals surface area contributed by atoms with Gasteiger partial charge in [-0.2, -0.15) is 8.78 Å². The molecule has 3 rings (SSSR count). The Morgan fingerprint density at radius 2 is 1.71 bits per heavy atom. The van der Waals surface area contributed by atoms with Crippen molar-refractivity contribution in [3.8, 4) is 0 Å². The van der Waals surface area contributed by atoms with Gasteiger partial charge in [0.15, 0.2) is 0 Å². The number of thioether (sulfide) groups is 1. The number of fused-ring (bicyclic) bond motifs is 1. The van der Waals surface area contributed by atoms with Gasteiger partial charge in [0, 0.05) is 10.8 Å². The summed E-state index contributed by atoms with van der Waals surface area (Å²) in [7, 11) is 0. The summed E-state index contributed by atoms with van der Waals surface area (Å²) in [5, 5.41) is -0.530. The van der Waals surface area contributed by atoms with Gasteiger partial charge in [-0.1, -0.05) is 18.2 Å². The largest absolute Gasteiger partial charge is 0.320 e.